The van der Waals surface area contributed by atoms with Crippen LogP contribution in [-0.4, -0.2) is 30.6 Å². The Kier molecular flexibility index (Phi) is 8.28. The lowest BCUT2D eigenvalue weighted by molar-refractivity contribution is 0.0693. The Bertz CT molecular complexity index is 821. The molecule has 0 aliphatic carbocycles. The van der Waals surface area contributed by atoms with Crippen molar-refractivity contribution in [1.82, 2.24) is 0 Å². The van der Waals surface area contributed by atoms with E-state index in [1.165, 1.54) is 18.4 Å². The first-order chi connectivity index (χ1) is 13.6. The molecule has 148 valence electrons. The summed E-state index contributed by atoms with van der Waals surface area (Å²) in [5, 5.41) is 9.72. The van der Waals surface area contributed by atoms with Gasteiger partial charge in [0.2, 0.25) is 0 Å². The Morgan fingerprint density at radius 2 is 1.79 bits per heavy atom. The van der Waals surface area contributed by atoms with Gasteiger partial charge in [0.25, 0.3) is 0 Å². The van der Waals surface area contributed by atoms with E-state index >= 15 is 0 Å². The third-order valence-electron chi connectivity index (χ3n) is 4.38. The van der Waals surface area contributed by atoms with Crippen LogP contribution in [0.5, 0.6) is 5.75 Å². The molecular weight excluding hydrogens is 356 g/mol. The minimum absolute atomic E-state index is 0.0229. The molecule has 5 heteroatoms. The minimum atomic E-state index is -1.15. The van der Waals surface area contributed by atoms with Crippen LogP contribution in [0.25, 0.3) is 11.1 Å². The number of carbonyl (C=O) groups excluding carboxylic acids is 1. The third kappa shape index (κ3) is 5.71. The molecule has 0 spiro atoms. The van der Waals surface area contributed by atoms with Crippen molar-refractivity contribution in [2.75, 3.05) is 13.7 Å². The molecule has 0 atom stereocenters. The summed E-state index contributed by atoms with van der Waals surface area (Å²) in [4.78, 5) is 24.4. The van der Waals surface area contributed by atoms with Gasteiger partial charge in [-0.05, 0) is 29.7 Å². The summed E-state index contributed by atoms with van der Waals surface area (Å²) in [7, 11) is 1.56. The van der Waals surface area contributed by atoms with Crippen molar-refractivity contribution in [1.29, 1.82) is 0 Å². The largest absolute Gasteiger partial charge is 0.501 e. The number of ketones is 1. The maximum atomic E-state index is 12.5. The highest BCUT2D eigenvalue weighted by molar-refractivity contribution is 6.13. The monoisotopic (exact) mass is 382 g/mol. The van der Waals surface area contributed by atoms with Crippen LogP contribution >= 0.6 is 0 Å². The lowest BCUT2D eigenvalue weighted by atomic mass is 9.93. The molecule has 2 aromatic rings. The summed E-state index contributed by atoms with van der Waals surface area (Å²) in [5.41, 5.74) is 1.29. The molecule has 0 bridgehead atoms. The van der Waals surface area contributed by atoms with E-state index in [9.17, 15) is 14.7 Å². The van der Waals surface area contributed by atoms with E-state index in [-0.39, 0.29) is 11.1 Å². The van der Waals surface area contributed by atoms with E-state index < -0.39 is 11.8 Å². The van der Waals surface area contributed by atoms with Crippen LogP contribution < -0.4 is 4.74 Å². The second-order valence-electron chi connectivity index (χ2n) is 6.36. The molecule has 2 aromatic carbocycles. The molecule has 0 amide bonds. The van der Waals surface area contributed by atoms with Gasteiger partial charge in [0.05, 0.1) is 25.5 Å². The van der Waals surface area contributed by atoms with E-state index in [1.54, 1.807) is 43.5 Å². The highest BCUT2D eigenvalue weighted by Crippen LogP contribution is 2.28. The summed E-state index contributed by atoms with van der Waals surface area (Å²) in [6, 6.07) is 11.9. The Hall–Kier alpha value is -3.08. The van der Waals surface area contributed by atoms with Crippen LogP contribution in [0.1, 0.15) is 53.3 Å². The number of carboxylic acid groups (broad SMARTS) is 1. The number of ether oxygens (including phenoxy) is 2. The molecule has 0 heterocycles. The Labute approximate surface area is 165 Å². The maximum absolute atomic E-state index is 12.5. The number of benzene rings is 2. The zero-order valence-corrected chi connectivity index (χ0v) is 16.3. The Morgan fingerprint density at radius 1 is 1.04 bits per heavy atom. The molecule has 0 aliphatic rings. The fraction of sp³-hybridized carbons (Fsp3) is 0.304. The molecule has 0 saturated carbocycles. The number of unbranched alkanes of at least 4 members (excludes halogenated alkanes) is 3. The molecule has 28 heavy (non-hydrogen) atoms. The van der Waals surface area contributed by atoms with Crippen LogP contribution in [-0.2, 0) is 4.74 Å². The molecule has 1 N–H and O–H groups in total. The molecule has 0 unspecified atom stereocenters. The molecular formula is C23H26O5. The first kappa shape index (κ1) is 21.2. The first-order valence-corrected chi connectivity index (χ1v) is 9.41. The molecule has 0 aromatic heterocycles. The molecule has 0 aliphatic heterocycles. The van der Waals surface area contributed by atoms with Crippen molar-refractivity contribution in [3.63, 3.8) is 0 Å². The average molecular weight is 382 g/mol. The van der Waals surface area contributed by atoms with Gasteiger partial charge in [-0.1, -0.05) is 56.5 Å². The molecule has 2 rings (SSSR count). The van der Waals surface area contributed by atoms with E-state index in [0.717, 1.165) is 25.7 Å². The fourth-order valence-corrected chi connectivity index (χ4v) is 2.88. The summed E-state index contributed by atoms with van der Waals surface area (Å²) < 4.78 is 10.5. The average Bonchev–Trinajstić information content (AvgIpc) is 2.72. The van der Waals surface area contributed by atoms with Crippen LogP contribution in [0.3, 0.4) is 0 Å². The van der Waals surface area contributed by atoms with E-state index in [2.05, 4.69) is 6.92 Å². The van der Waals surface area contributed by atoms with Crippen molar-refractivity contribution in [2.45, 2.75) is 32.6 Å². The lowest BCUT2D eigenvalue weighted by Crippen LogP contribution is -2.09. The van der Waals surface area contributed by atoms with Crippen LogP contribution in [0, 0.1) is 0 Å². The summed E-state index contributed by atoms with van der Waals surface area (Å²) in [5.74, 6) is -0.878. The van der Waals surface area contributed by atoms with Gasteiger partial charge >= 0.3 is 5.97 Å². The molecule has 5 nitrogen and oxygen atoms in total. The summed E-state index contributed by atoms with van der Waals surface area (Å²) in [6.45, 7) is 2.68. The van der Waals surface area contributed by atoms with E-state index in [0.29, 0.717) is 23.5 Å². The van der Waals surface area contributed by atoms with Crippen molar-refractivity contribution in [3.05, 3.63) is 65.9 Å². The van der Waals surface area contributed by atoms with Gasteiger partial charge < -0.3 is 14.6 Å². The summed E-state index contributed by atoms with van der Waals surface area (Å²) in [6.07, 6.45) is 6.95. The van der Waals surface area contributed by atoms with Crippen molar-refractivity contribution < 1.29 is 24.2 Å². The number of carboxylic acids is 1. The number of methoxy groups -OCH3 is 1. The standard InChI is InChI=1S/C23H26O5/c1-3-4-5-6-15-28-16-14-21(24)20-9-7-8-19(22(20)23(25)26)17-10-12-18(27-2)13-11-17/h7-14,16H,3-6,15H2,1-2H3,(H,25,26). The van der Waals surface area contributed by atoms with E-state index in [1.807, 2.05) is 0 Å². The van der Waals surface area contributed by atoms with Gasteiger partial charge in [0.1, 0.15) is 5.75 Å². The molecule has 0 saturated heterocycles. The molecule has 0 fully saturated rings. The number of rotatable bonds is 11. The van der Waals surface area contributed by atoms with Gasteiger partial charge in [-0.3, -0.25) is 4.79 Å². The van der Waals surface area contributed by atoms with Crippen LogP contribution in [0.2, 0.25) is 0 Å². The second kappa shape index (κ2) is 10.9. The van der Waals surface area contributed by atoms with Gasteiger partial charge in [-0.15, -0.1) is 0 Å². The van der Waals surface area contributed by atoms with Gasteiger partial charge in [0, 0.05) is 11.6 Å². The second-order valence-corrected chi connectivity index (χ2v) is 6.36. The highest BCUT2D eigenvalue weighted by atomic mass is 16.5. The Morgan fingerprint density at radius 3 is 2.43 bits per heavy atom. The summed E-state index contributed by atoms with van der Waals surface area (Å²) >= 11 is 0. The maximum Gasteiger partial charge on any atom is 0.337 e. The van der Waals surface area contributed by atoms with Gasteiger partial charge in [0.15, 0.2) is 5.78 Å². The molecule has 0 radical (unpaired) electrons. The number of hydrogen-bond donors (Lipinski definition) is 1. The predicted octanol–water partition coefficient (Wildman–Crippen LogP) is 5.35. The minimum Gasteiger partial charge on any atom is -0.501 e. The highest BCUT2D eigenvalue weighted by Gasteiger charge is 2.20. The van der Waals surface area contributed by atoms with E-state index in [4.69, 9.17) is 9.47 Å². The van der Waals surface area contributed by atoms with Gasteiger partial charge in [-0.2, -0.15) is 0 Å². The van der Waals surface area contributed by atoms with Crippen LogP contribution in [0.15, 0.2) is 54.8 Å². The zero-order valence-electron chi connectivity index (χ0n) is 16.3. The topological polar surface area (TPSA) is 72.8 Å². The van der Waals surface area contributed by atoms with Crippen molar-refractivity contribution >= 4 is 11.8 Å². The number of aromatic carboxylic acids is 1. The smallest absolute Gasteiger partial charge is 0.337 e. The number of hydrogen-bond acceptors (Lipinski definition) is 4. The lowest BCUT2D eigenvalue weighted by Gasteiger charge is -2.11. The first-order valence-electron chi connectivity index (χ1n) is 9.41. The third-order valence-corrected chi connectivity index (χ3v) is 4.38. The van der Waals surface area contributed by atoms with Crippen molar-refractivity contribution in [3.8, 4) is 16.9 Å². The van der Waals surface area contributed by atoms with Crippen molar-refractivity contribution in [2.24, 2.45) is 0 Å². The normalized spacial score (nSPS) is 10.8. The quantitative estimate of drug-likeness (QED) is 0.245. The van der Waals surface area contributed by atoms with Crippen LogP contribution in [0.4, 0.5) is 0 Å². The zero-order chi connectivity index (χ0) is 20.4. The fourth-order valence-electron chi connectivity index (χ4n) is 2.88. The Balaban J connectivity index is 2.20. The predicted molar refractivity (Wildman–Crippen MR) is 109 cm³/mol. The SMILES string of the molecule is CCCCCCOC=CC(=O)c1cccc(-c2ccc(OC)cc2)c1C(=O)O. The van der Waals surface area contributed by atoms with Gasteiger partial charge in [-0.25, -0.2) is 4.79 Å². The number of allylic oxidation sites excluding steroid dienone is 1. The number of carbonyl (C=O) groups is 2.